The molecule has 1 aliphatic heterocycles. The van der Waals surface area contributed by atoms with Gasteiger partial charge in [-0.25, -0.2) is 13.4 Å². The van der Waals surface area contributed by atoms with Gasteiger partial charge in [0, 0.05) is 24.9 Å². The SMILES string of the molecule is O=S(=O)(c1cnc[nH]1)N1CCC(c2nnc3ccc(C4CC4)nn23)CC1. The Kier molecular flexibility index (Phi) is 3.57. The van der Waals surface area contributed by atoms with Crippen molar-refractivity contribution in [3.8, 4) is 0 Å². The molecule has 0 atom stereocenters. The van der Waals surface area contributed by atoms with Gasteiger partial charge in [0.2, 0.25) is 0 Å². The smallest absolute Gasteiger partial charge is 0.260 e. The molecule has 0 bridgehead atoms. The van der Waals surface area contributed by atoms with Gasteiger partial charge in [-0.05, 0) is 37.8 Å². The van der Waals surface area contributed by atoms with E-state index in [0.29, 0.717) is 31.8 Å². The minimum absolute atomic E-state index is 0.139. The molecule has 2 aliphatic rings. The molecule has 5 rings (SSSR count). The van der Waals surface area contributed by atoms with Gasteiger partial charge in [-0.3, -0.25) is 0 Å². The summed E-state index contributed by atoms with van der Waals surface area (Å²) in [7, 11) is -3.51. The third kappa shape index (κ3) is 2.60. The zero-order valence-corrected chi connectivity index (χ0v) is 14.9. The van der Waals surface area contributed by atoms with Crippen LogP contribution in [0.4, 0.5) is 0 Å². The number of sulfonamides is 1. The molecule has 26 heavy (non-hydrogen) atoms. The fourth-order valence-electron chi connectivity index (χ4n) is 3.55. The lowest BCUT2D eigenvalue weighted by Gasteiger charge is -2.29. The number of imidazole rings is 1. The molecule has 1 N–H and O–H groups in total. The molecule has 0 unspecified atom stereocenters. The summed E-state index contributed by atoms with van der Waals surface area (Å²) >= 11 is 0. The fraction of sp³-hybridized carbons (Fsp3) is 0.500. The second kappa shape index (κ2) is 5.85. The molecule has 9 nitrogen and oxygen atoms in total. The van der Waals surface area contributed by atoms with Gasteiger partial charge in [-0.1, -0.05) is 0 Å². The Bertz CT molecular complexity index is 1030. The standard InChI is InChI=1S/C16H19N7O2S/c24-26(25,15-9-17-10-18-15)22-7-5-12(6-8-22)16-20-19-14-4-3-13(11-1-2-11)21-23(14)16/h3-4,9-12H,1-2,5-8H2,(H,17,18). The van der Waals surface area contributed by atoms with Crippen LogP contribution >= 0.6 is 0 Å². The van der Waals surface area contributed by atoms with Crippen molar-refractivity contribution in [1.82, 2.24) is 34.1 Å². The van der Waals surface area contributed by atoms with Crippen molar-refractivity contribution in [2.45, 2.75) is 42.5 Å². The van der Waals surface area contributed by atoms with Crippen LogP contribution in [0, 0.1) is 0 Å². The lowest BCUT2D eigenvalue weighted by molar-refractivity contribution is 0.310. The van der Waals surface area contributed by atoms with Crippen LogP contribution in [0.3, 0.4) is 0 Å². The van der Waals surface area contributed by atoms with E-state index in [9.17, 15) is 8.42 Å². The first-order valence-electron chi connectivity index (χ1n) is 8.84. The van der Waals surface area contributed by atoms with E-state index >= 15 is 0 Å². The number of hydrogen-bond donors (Lipinski definition) is 1. The van der Waals surface area contributed by atoms with Crippen LogP contribution in [0.5, 0.6) is 0 Å². The molecule has 10 heteroatoms. The quantitative estimate of drug-likeness (QED) is 0.738. The van der Waals surface area contributed by atoms with Crippen molar-refractivity contribution in [3.63, 3.8) is 0 Å². The summed E-state index contributed by atoms with van der Waals surface area (Å²) in [5.74, 6) is 1.55. The summed E-state index contributed by atoms with van der Waals surface area (Å²) < 4.78 is 28.5. The number of hydrogen-bond acceptors (Lipinski definition) is 6. The number of nitrogens with zero attached hydrogens (tertiary/aromatic N) is 6. The van der Waals surface area contributed by atoms with Crippen LogP contribution in [0.1, 0.15) is 49.0 Å². The Morgan fingerprint density at radius 1 is 1.04 bits per heavy atom. The second-order valence-corrected chi connectivity index (χ2v) is 8.86. The molecule has 4 heterocycles. The summed E-state index contributed by atoms with van der Waals surface area (Å²) in [5.41, 5.74) is 1.84. The molecule has 2 fully saturated rings. The first-order valence-corrected chi connectivity index (χ1v) is 10.3. The van der Waals surface area contributed by atoms with E-state index in [-0.39, 0.29) is 10.9 Å². The molecule has 1 aliphatic carbocycles. The van der Waals surface area contributed by atoms with Gasteiger partial charge in [0.25, 0.3) is 10.0 Å². The summed E-state index contributed by atoms with van der Waals surface area (Å²) in [5, 5.41) is 13.4. The lowest BCUT2D eigenvalue weighted by atomic mass is 9.97. The van der Waals surface area contributed by atoms with Crippen molar-refractivity contribution in [2.75, 3.05) is 13.1 Å². The average Bonchev–Trinajstić information content (AvgIpc) is 3.19. The Morgan fingerprint density at radius 3 is 2.54 bits per heavy atom. The number of H-pyrrole nitrogens is 1. The molecule has 3 aromatic heterocycles. The molecule has 0 amide bonds. The first-order chi connectivity index (χ1) is 12.6. The van der Waals surface area contributed by atoms with Crippen LogP contribution < -0.4 is 0 Å². The molecule has 3 aromatic rings. The van der Waals surface area contributed by atoms with Crippen molar-refractivity contribution in [1.29, 1.82) is 0 Å². The van der Waals surface area contributed by atoms with E-state index in [2.05, 4.69) is 20.2 Å². The van der Waals surface area contributed by atoms with E-state index in [1.165, 1.54) is 29.7 Å². The third-order valence-corrected chi connectivity index (χ3v) is 7.04. The monoisotopic (exact) mass is 373 g/mol. The maximum absolute atomic E-state index is 12.6. The van der Waals surface area contributed by atoms with Crippen LogP contribution in [0.2, 0.25) is 0 Å². The minimum Gasteiger partial charge on any atom is -0.335 e. The van der Waals surface area contributed by atoms with Crippen LogP contribution in [-0.2, 0) is 10.0 Å². The van der Waals surface area contributed by atoms with E-state index in [0.717, 1.165) is 17.2 Å². The Balaban J connectivity index is 1.37. The topological polar surface area (TPSA) is 109 Å². The molecular weight excluding hydrogens is 354 g/mol. The van der Waals surface area contributed by atoms with Crippen LogP contribution in [0.25, 0.3) is 5.65 Å². The first kappa shape index (κ1) is 15.9. The normalized spacial score (nSPS) is 20.0. The molecule has 0 aromatic carbocycles. The van der Waals surface area contributed by atoms with E-state index in [1.807, 2.05) is 16.6 Å². The van der Waals surface area contributed by atoms with Crippen molar-refractivity contribution < 1.29 is 8.42 Å². The van der Waals surface area contributed by atoms with Gasteiger partial charge in [0.05, 0.1) is 18.2 Å². The summed E-state index contributed by atoms with van der Waals surface area (Å²) in [4.78, 5) is 6.49. The highest BCUT2D eigenvalue weighted by Crippen LogP contribution is 2.39. The molecule has 1 saturated heterocycles. The highest BCUT2D eigenvalue weighted by atomic mass is 32.2. The van der Waals surface area contributed by atoms with Gasteiger partial charge in [0.1, 0.15) is 0 Å². The minimum atomic E-state index is -3.51. The second-order valence-electron chi connectivity index (χ2n) is 6.95. The number of aromatic amines is 1. The summed E-state index contributed by atoms with van der Waals surface area (Å²) in [6.45, 7) is 0.895. The molecule has 1 saturated carbocycles. The van der Waals surface area contributed by atoms with Crippen molar-refractivity contribution in [2.24, 2.45) is 0 Å². The Hall–Kier alpha value is -2.33. The molecular formula is C16H19N7O2S. The van der Waals surface area contributed by atoms with Gasteiger partial charge in [0.15, 0.2) is 16.5 Å². The van der Waals surface area contributed by atoms with Gasteiger partial charge < -0.3 is 4.98 Å². The van der Waals surface area contributed by atoms with Crippen LogP contribution in [0.15, 0.2) is 29.7 Å². The number of aromatic nitrogens is 6. The maximum Gasteiger partial charge on any atom is 0.260 e. The number of fused-ring (bicyclic) bond motifs is 1. The largest absolute Gasteiger partial charge is 0.335 e. The average molecular weight is 373 g/mol. The summed E-state index contributed by atoms with van der Waals surface area (Å²) in [6.07, 6.45) is 6.51. The lowest BCUT2D eigenvalue weighted by Crippen LogP contribution is -2.38. The number of piperidine rings is 1. The predicted molar refractivity (Wildman–Crippen MR) is 92.1 cm³/mol. The van der Waals surface area contributed by atoms with Gasteiger partial charge >= 0.3 is 0 Å². The van der Waals surface area contributed by atoms with Crippen LogP contribution in [-0.4, -0.2) is 55.6 Å². The van der Waals surface area contributed by atoms with E-state index < -0.39 is 10.0 Å². The highest BCUT2D eigenvalue weighted by molar-refractivity contribution is 7.89. The Labute approximate surface area is 150 Å². The third-order valence-electron chi connectivity index (χ3n) is 5.21. The van der Waals surface area contributed by atoms with Crippen molar-refractivity contribution in [3.05, 3.63) is 36.2 Å². The van der Waals surface area contributed by atoms with E-state index in [4.69, 9.17) is 5.10 Å². The Morgan fingerprint density at radius 2 is 1.85 bits per heavy atom. The zero-order valence-electron chi connectivity index (χ0n) is 14.1. The predicted octanol–water partition coefficient (Wildman–Crippen LogP) is 1.29. The van der Waals surface area contributed by atoms with Crippen molar-refractivity contribution >= 4 is 15.7 Å². The number of nitrogens with one attached hydrogen (secondary N) is 1. The number of rotatable bonds is 4. The zero-order chi connectivity index (χ0) is 17.7. The van der Waals surface area contributed by atoms with Gasteiger partial charge in [-0.15, -0.1) is 10.2 Å². The molecule has 0 spiro atoms. The highest BCUT2D eigenvalue weighted by Gasteiger charge is 2.33. The fourth-order valence-corrected chi connectivity index (χ4v) is 4.91. The van der Waals surface area contributed by atoms with E-state index in [1.54, 1.807) is 0 Å². The molecule has 136 valence electrons. The molecule has 0 radical (unpaired) electrons. The summed E-state index contributed by atoms with van der Waals surface area (Å²) in [6, 6.07) is 4.00. The van der Waals surface area contributed by atoms with Gasteiger partial charge in [-0.2, -0.15) is 13.9 Å². The maximum atomic E-state index is 12.6.